The van der Waals surface area contributed by atoms with E-state index in [0.29, 0.717) is 11.3 Å². The molecule has 1 N–H and O–H groups in total. The summed E-state index contributed by atoms with van der Waals surface area (Å²) in [7, 11) is 0. The van der Waals surface area contributed by atoms with Gasteiger partial charge in [-0.25, -0.2) is 9.37 Å². The zero-order chi connectivity index (χ0) is 19.0. The maximum absolute atomic E-state index is 13.0. The molecule has 1 aliphatic rings. The second-order valence-electron chi connectivity index (χ2n) is 6.03. The highest BCUT2D eigenvalue weighted by molar-refractivity contribution is 6.08. The molecule has 4 rings (SSSR count). The topological polar surface area (TPSA) is 88.4 Å². The molecule has 0 saturated carbocycles. The number of hydrogen-bond acceptors (Lipinski definition) is 5. The Bertz CT molecular complexity index is 1040. The summed E-state index contributed by atoms with van der Waals surface area (Å²) in [6.45, 7) is 0.230. The van der Waals surface area contributed by atoms with E-state index in [0.717, 1.165) is 17.6 Å². The van der Waals surface area contributed by atoms with Crippen molar-refractivity contribution < 1.29 is 14.1 Å². The van der Waals surface area contributed by atoms with Crippen molar-refractivity contribution in [2.24, 2.45) is 0 Å². The average Bonchev–Trinajstić information content (AvgIpc) is 3.00. The minimum absolute atomic E-state index is 0.137. The highest BCUT2D eigenvalue weighted by atomic mass is 19.1. The molecule has 0 saturated heterocycles. The van der Waals surface area contributed by atoms with Crippen LogP contribution in [0.4, 0.5) is 27.1 Å². The molecule has 8 heteroatoms. The van der Waals surface area contributed by atoms with Crippen molar-refractivity contribution in [2.45, 2.75) is 6.54 Å². The van der Waals surface area contributed by atoms with Crippen LogP contribution in [0.1, 0.15) is 16.1 Å². The molecule has 0 unspecified atom stereocenters. The summed E-state index contributed by atoms with van der Waals surface area (Å²) in [4.78, 5) is 28.3. The van der Waals surface area contributed by atoms with Gasteiger partial charge in [0.25, 0.3) is 11.6 Å². The van der Waals surface area contributed by atoms with E-state index >= 15 is 0 Å². The SMILES string of the molecule is O=C1c2ncc([N+](=O)[O-])cc2CN1c1ccc(Nc2ccc(F)cc2)cc1. The summed E-state index contributed by atoms with van der Waals surface area (Å²) in [5.74, 6) is -0.601. The summed E-state index contributed by atoms with van der Waals surface area (Å²) in [5, 5.41) is 14.0. The number of rotatable bonds is 4. The van der Waals surface area contributed by atoms with E-state index in [9.17, 15) is 19.3 Å². The van der Waals surface area contributed by atoms with Gasteiger partial charge in [-0.1, -0.05) is 0 Å². The number of nitro groups is 1. The van der Waals surface area contributed by atoms with E-state index in [2.05, 4.69) is 10.3 Å². The first-order valence-electron chi connectivity index (χ1n) is 8.09. The van der Waals surface area contributed by atoms with E-state index in [1.54, 1.807) is 36.4 Å². The van der Waals surface area contributed by atoms with E-state index < -0.39 is 4.92 Å². The van der Waals surface area contributed by atoms with Gasteiger partial charge in [-0.2, -0.15) is 0 Å². The lowest BCUT2D eigenvalue weighted by Crippen LogP contribution is -2.23. The van der Waals surface area contributed by atoms with Crippen LogP contribution in [0.5, 0.6) is 0 Å². The van der Waals surface area contributed by atoms with Gasteiger partial charge in [0.05, 0.1) is 11.5 Å². The molecule has 2 aromatic carbocycles. The largest absolute Gasteiger partial charge is 0.356 e. The van der Waals surface area contributed by atoms with Crippen LogP contribution < -0.4 is 10.2 Å². The van der Waals surface area contributed by atoms with Crippen molar-refractivity contribution in [3.05, 3.63) is 88.0 Å². The average molecular weight is 364 g/mol. The Morgan fingerprint density at radius 1 is 1.07 bits per heavy atom. The van der Waals surface area contributed by atoms with Gasteiger partial charge in [0.1, 0.15) is 17.7 Å². The van der Waals surface area contributed by atoms with E-state index in [4.69, 9.17) is 0 Å². The van der Waals surface area contributed by atoms with Crippen molar-refractivity contribution in [3.63, 3.8) is 0 Å². The molecule has 7 nitrogen and oxygen atoms in total. The number of benzene rings is 2. The van der Waals surface area contributed by atoms with Gasteiger partial charge in [0, 0.05) is 28.7 Å². The third-order valence-corrected chi connectivity index (χ3v) is 4.25. The first kappa shape index (κ1) is 16.6. The maximum Gasteiger partial charge on any atom is 0.287 e. The van der Waals surface area contributed by atoms with Gasteiger partial charge < -0.3 is 10.2 Å². The van der Waals surface area contributed by atoms with Crippen LogP contribution in [0.2, 0.25) is 0 Å². The number of aromatic nitrogens is 1. The number of fused-ring (bicyclic) bond motifs is 1. The molecule has 1 aromatic heterocycles. The molecule has 0 radical (unpaired) electrons. The summed E-state index contributed by atoms with van der Waals surface area (Å²) in [6, 6.07) is 14.5. The smallest absolute Gasteiger partial charge is 0.287 e. The lowest BCUT2D eigenvalue weighted by molar-refractivity contribution is -0.385. The molecule has 134 valence electrons. The highest BCUT2D eigenvalue weighted by Gasteiger charge is 2.31. The molecule has 0 fully saturated rings. The lowest BCUT2D eigenvalue weighted by Gasteiger charge is -2.16. The molecule has 0 aliphatic carbocycles. The van der Waals surface area contributed by atoms with Crippen LogP contribution in [0, 0.1) is 15.9 Å². The van der Waals surface area contributed by atoms with Gasteiger partial charge in [-0.15, -0.1) is 0 Å². The molecule has 3 aromatic rings. The van der Waals surface area contributed by atoms with Crippen molar-refractivity contribution in [1.29, 1.82) is 0 Å². The number of carbonyl (C=O) groups is 1. The lowest BCUT2D eigenvalue weighted by atomic mass is 10.2. The number of halogens is 1. The molecule has 0 bridgehead atoms. The van der Waals surface area contributed by atoms with Crippen LogP contribution in [-0.2, 0) is 6.54 Å². The number of anilines is 3. The van der Waals surface area contributed by atoms with Crippen molar-refractivity contribution in [2.75, 3.05) is 10.2 Å². The predicted octanol–water partition coefficient (Wildman–Crippen LogP) is 4.03. The fraction of sp³-hybridized carbons (Fsp3) is 0.0526. The standard InChI is InChI=1S/C19H13FN4O3/c20-13-1-3-14(4-2-13)22-15-5-7-16(8-6-15)23-11-12-9-17(24(26)27)10-21-18(12)19(23)25/h1-10,22H,11H2. The number of nitrogens with zero attached hydrogens (tertiary/aromatic N) is 3. The second-order valence-corrected chi connectivity index (χ2v) is 6.03. The minimum Gasteiger partial charge on any atom is -0.356 e. The van der Waals surface area contributed by atoms with Gasteiger partial charge in [-0.3, -0.25) is 14.9 Å². The van der Waals surface area contributed by atoms with Crippen LogP contribution in [0.3, 0.4) is 0 Å². The number of carbonyl (C=O) groups excluding carboxylic acids is 1. The summed E-state index contributed by atoms with van der Waals surface area (Å²) < 4.78 is 13.0. The first-order chi connectivity index (χ1) is 13.0. The number of nitrogens with one attached hydrogen (secondary N) is 1. The van der Waals surface area contributed by atoms with Crippen LogP contribution in [0.15, 0.2) is 60.8 Å². The first-order valence-corrected chi connectivity index (χ1v) is 8.09. The second kappa shape index (κ2) is 6.49. The molecule has 27 heavy (non-hydrogen) atoms. The monoisotopic (exact) mass is 364 g/mol. The quantitative estimate of drug-likeness (QED) is 0.558. The Morgan fingerprint density at radius 3 is 2.33 bits per heavy atom. The van der Waals surface area contributed by atoms with Gasteiger partial charge in [0.2, 0.25) is 0 Å². The predicted molar refractivity (Wildman–Crippen MR) is 97.5 cm³/mol. The fourth-order valence-corrected chi connectivity index (χ4v) is 2.91. The third-order valence-electron chi connectivity index (χ3n) is 4.25. The molecule has 0 spiro atoms. The molecule has 2 heterocycles. The Labute approximate surface area is 153 Å². The molecule has 0 atom stereocenters. The Hall–Kier alpha value is -3.81. The van der Waals surface area contributed by atoms with Gasteiger partial charge >= 0.3 is 0 Å². The maximum atomic E-state index is 13.0. The minimum atomic E-state index is -0.531. The number of pyridine rings is 1. The summed E-state index contributed by atoms with van der Waals surface area (Å²) in [5.41, 5.74) is 2.80. The van der Waals surface area contributed by atoms with Crippen LogP contribution >= 0.6 is 0 Å². The zero-order valence-corrected chi connectivity index (χ0v) is 13.9. The number of amides is 1. The summed E-state index contributed by atoms with van der Waals surface area (Å²) >= 11 is 0. The van der Waals surface area contributed by atoms with Gasteiger partial charge in [0.15, 0.2) is 0 Å². The summed E-state index contributed by atoms with van der Waals surface area (Å²) in [6.07, 6.45) is 1.09. The number of hydrogen-bond donors (Lipinski definition) is 1. The fourth-order valence-electron chi connectivity index (χ4n) is 2.91. The molecule has 1 amide bonds. The van der Waals surface area contributed by atoms with Crippen molar-refractivity contribution in [3.8, 4) is 0 Å². The third kappa shape index (κ3) is 3.20. The van der Waals surface area contributed by atoms with Crippen LogP contribution in [-0.4, -0.2) is 15.8 Å². The molecule has 1 aliphatic heterocycles. The molecular weight excluding hydrogens is 351 g/mol. The van der Waals surface area contributed by atoms with Crippen LogP contribution in [0.25, 0.3) is 0 Å². The van der Waals surface area contributed by atoms with Crippen molar-refractivity contribution >= 4 is 28.7 Å². The Morgan fingerprint density at radius 2 is 1.70 bits per heavy atom. The highest BCUT2D eigenvalue weighted by Crippen LogP contribution is 2.30. The van der Waals surface area contributed by atoms with E-state index in [1.165, 1.54) is 23.1 Å². The Balaban J connectivity index is 1.53. The zero-order valence-electron chi connectivity index (χ0n) is 13.9. The normalized spacial score (nSPS) is 12.8. The van der Waals surface area contributed by atoms with E-state index in [1.807, 2.05) is 0 Å². The Kier molecular flexibility index (Phi) is 4.00. The van der Waals surface area contributed by atoms with E-state index in [-0.39, 0.29) is 29.7 Å². The van der Waals surface area contributed by atoms with Gasteiger partial charge in [-0.05, 0) is 48.5 Å². The van der Waals surface area contributed by atoms with Crippen molar-refractivity contribution in [1.82, 2.24) is 4.98 Å². The molecular formula is C19H13FN4O3.